The first-order valence-corrected chi connectivity index (χ1v) is 5.99. The summed E-state index contributed by atoms with van der Waals surface area (Å²) in [6, 6.07) is 0.750. The van der Waals surface area contributed by atoms with Crippen molar-refractivity contribution in [1.29, 1.82) is 0 Å². The fourth-order valence-corrected chi connectivity index (χ4v) is 2.20. The Morgan fingerprint density at radius 1 is 1.57 bits per heavy atom. The lowest BCUT2D eigenvalue weighted by molar-refractivity contribution is 0.337. The summed E-state index contributed by atoms with van der Waals surface area (Å²) < 4.78 is 0. The summed E-state index contributed by atoms with van der Waals surface area (Å²) in [5.41, 5.74) is 1.17. The summed E-state index contributed by atoms with van der Waals surface area (Å²) in [6.45, 7) is 0.926. The van der Waals surface area contributed by atoms with Gasteiger partial charge in [0.05, 0.1) is 5.69 Å². The SMILES string of the molecule is CN(C)c1nc(CNC2CCC2)cs1. The summed E-state index contributed by atoms with van der Waals surface area (Å²) in [5, 5.41) is 6.75. The molecule has 0 bridgehead atoms. The van der Waals surface area contributed by atoms with Crippen LogP contribution in [0.4, 0.5) is 5.13 Å². The normalized spacial score (nSPS) is 16.7. The highest BCUT2D eigenvalue weighted by molar-refractivity contribution is 7.13. The zero-order valence-electron chi connectivity index (χ0n) is 8.79. The summed E-state index contributed by atoms with van der Waals surface area (Å²) in [5.74, 6) is 0. The number of hydrogen-bond acceptors (Lipinski definition) is 4. The van der Waals surface area contributed by atoms with Crippen LogP contribution in [0.5, 0.6) is 0 Å². The summed E-state index contributed by atoms with van der Waals surface area (Å²) >= 11 is 1.71. The van der Waals surface area contributed by atoms with Gasteiger partial charge in [-0.2, -0.15) is 0 Å². The molecule has 0 amide bonds. The molecule has 1 saturated carbocycles. The second-order valence-corrected chi connectivity index (χ2v) is 4.86. The molecule has 1 fully saturated rings. The lowest BCUT2D eigenvalue weighted by atomic mass is 9.93. The molecule has 4 heteroatoms. The highest BCUT2D eigenvalue weighted by Gasteiger charge is 2.16. The van der Waals surface area contributed by atoms with E-state index < -0.39 is 0 Å². The van der Waals surface area contributed by atoms with Crippen LogP contribution in [0.25, 0.3) is 0 Å². The van der Waals surface area contributed by atoms with Crippen LogP contribution in [0.1, 0.15) is 25.0 Å². The highest BCUT2D eigenvalue weighted by Crippen LogP contribution is 2.20. The standard InChI is InChI=1S/C10H17N3S/c1-13(2)10-12-9(7-14-10)6-11-8-4-3-5-8/h7-8,11H,3-6H2,1-2H3. The molecular weight excluding hydrogens is 194 g/mol. The Labute approximate surface area is 89.1 Å². The van der Waals surface area contributed by atoms with Crippen LogP contribution >= 0.6 is 11.3 Å². The van der Waals surface area contributed by atoms with Crippen LogP contribution in [0.2, 0.25) is 0 Å². The lowest BCUT2D eigenvalue weighted by Crippen LogP contribution is -2.34. The Morgan fingerprint density at radius 3 is 2.86 bits per heavy atom. The Hall–Kier alpha value is -0.610. The third-order valence-electron chi connectivity index (χ3n) is 2.60. The first-order valence-electron chi connectivity index (χ1n) is 5.11. The van der Waals surface area contributed by atoms with Gasteiger partial charge >= 0.3 is 0 Å². The summed E-state index contributed by atoms with van der Waals surface area (Å²) in [4.78, 5) is 6.58. The van der Waals surface area contributed by atoms with Crippen molar-refractivity contribution in [1.82, 2.24) is 10.3 Å². The van der Waals surface area contributed by atoms with Gasteiger partial charge in [-0.1, -0.05) is 6.42 Å². The van der Waals surface area contributed by atoms with Crippen molar-refractivity contribution in [3.05, 3.63) is 11.1 Å². The van der Waals surface area contributed by atoms with Gasteiger partial charge < -0.3 is 10.2 Å². The minimum atomic E-state index is 0.750. The minimum absolute atomic E-state index is 0.750. The second kappa shape index (κ2) is 4.28. The van der Waals surface area contributed by atoms with Crippen LogP contribution < -0.4 is 10.2 Å². The quantitative estimate of drug-likeness (QED) is 0.824. The number of rotatable bonds is 4. The van der Waals surface area contributed by atoms with E-state index in [0.29, 0.717) is 0 Å². The Morgan fingerprint density at radius 2 is 2.36 bits per heavy atom. The first kappa shape index (κ1) is 9.93. The minimum Gasteiger partial charge on any atom is -0.354 e. The van der Waals surface area contributed by atoms with Crippen LogP contribution in [-0.2, 0) is 6.54 Å². The van der Waals surface area contributed by atoms with Crippen molar-refractivity contribution in [2.45, 2.75) is 31.8 Å². The van der Waals surface area contributed by atoms with E-state index in [2.05, 4.69) is 20.6 Å². The van der Waals surface area contributed by atoms with Crippen molar-refractivity contribution >= 4 is 16.5 Å². The monoisotopic (exact) mass is 211 g/mol. The zero-order valence-corrected chi connectivity index (χ0v) is 9.60. The van der Waals surface area contributed by atoms with E-state index in [1.165, 1.54) is 25.0 Å². The molecule has 1 N–H and O–H groups in total. The molecule has 1 heterocycles. The molecule has 0 aromatic carbocycles. The molecule has 78 valence electrons. The molecular formula is C10H17N3S. The van der Waals surface area contributed by atoms with Crippen molar-refractivity contribution in [2.24, 2.45) is 0 Å². The molecule has 3 nitrogen and oxygen atoms in total. The van der Waals surface area contributed by atoms with Crippen LogP contribution in [0, 0.1) is 0 Å². The van der Waals surface area contributed by atoms with Gasteiger partial charge in [-0.25, -0.2) is 4.98 Å². The van der Waals surface area contributed by atoms with Gasteiger partial charge in [0.1, 0.15) is 0 Å². The smallest absolute Gasteiger partial charge is 0.185 e. The van der Waals surface area contributed by atoms with E-state index in [0.717, 1.165) is 17.7 Å². The van der Waals surface area contributed by atoms with Gasteiger partial charge in [-0.15, -0.1) is 11.3 Å². The molecule has 1 aromatic heterocycles. The molecule has 0 aliphatic heterocycles. The molecule has 2 rings (SSSR count). The fraction of sp³-hybridized carbons (Fsp3) is 0.700. The van der Waals surface area contributed by atoms with Crippen molar-refractivity contribution < 1.29 is 0 Å². The van der Waals surface area contributed by atoms with Crippen LogP contribution in [-0.4, -0.2) is 25.1 Å². The zero-order chi connectivity index (χ0) is 9.97. The third-order valence-corrected chi connectivity index (χ3v) is 3.66. The summed E-state index contributed by atoms with van der Waals surface area (Å²) in [7, 11) is 4.06. The van der Waals surface area contributed by atoms with E-state index in [4.69, 9.17) is 0 Å². The van der Waals surface area contributed by atoms with Crippen LogP contribution in [0.3, 0.4) is 0 Å². The molecule has 0 spiro atoms. The van der Waals surface area contributed by atoms with Gasteiger partial charge in [-0.3, -0.25) is 0 Å². The predicted molar refractivity (Wildman–Crippen MR) is 60.9 cm³/mol. The fourth-order valence-electron chi connectivity index (χ4n) is 1.44. The molecule has 0 saturated heterocycles. The van der Waals surface area contributed by atoms with Crippen LogP contribution in [0.15, 0.2) is 5.38 Å². The molecule has 1 aromatic rings. The van der Waals surface area contributed by atoms with E-state index >= 15 is 0 Å². The van der Waals surface area contributed by atoms with E-state index in [9.17, 15) is 0 Å². The van der Waals surface area contributed by atoms with E-state index in [-0.39, 0.29) is 0 Å². The maximum Gasteiger partial charge on any atom is 0.185 e. The number of hydrogen-bond donors (Lipinski definition) is 1. The van der Waals surface area contributed by atoms with Crippen molar-refractivity contribution in [2.75, 3.05) is 19.0 Å². The first-order chi connectivity index (χ1) is 6.75. The second-order valence-electron chi connectivity index (χ2n) is 4.02. The number of aromatic nitrogens is 1. The van der Waals surface area contributed by atoms with Gasteiger partial charge in [0.2, 0.25) is 0 Å². The topological polar surface area (TPSA) is 28.2 Å². The van der Waals surface area contributed by atoms with Gasteiger partial charge in [0.25, 0.3) is 0 Å². The number of thiazole rings is 1. The molecule has 0 unspecified atom stereocenters. The largest absolute Gasteiger partial charge is 0.354 e. The molecule has 1 aliphatic carbocycles. The highest BCUT2D eigenvalue weighted by atomic mass is 32.1. The Balaban J connectivity index is 1.83. The van der Waals surface area contributed by atoms with Gasteiger partial charge in [0.15, 0.2) is 5.13 Å². The van der Waals surface area contributed by atoms with E-state index in [1.54, 1.807) is 11.3 Å². The number of anilines is 1. The van der Waals surface area contributed by atoms with E-state index in [1.807, 2.05) is 14.1 Å². The molecule has 0 atom stereocenters. The Bertz CT molecular complexity index is 291. The predicted octanol–water partition coefficient (Wildman–Crippen LogP) is 1.85. The number of nitrogens with zero attached hydrogens (tertiary/aromatic N) is 2. The lowest BCUT2D eigenvalue weighted by Gasteiger charge is -2.26. The number of nitrogens with one attached hydrogen (secondary N) is 1. The third kappa shape index (κ3) is 2.25. The van der Waals surface area contributed by atoms with Crippen molar-refractivity contribution in [3.8, 4) is 0 Å². The Kier molecular flexibility index (Phi) is 3.03. The van der Waals surface area contributed by atoms with Gasteiger partial charge in [-0.05, 0) is 12.8 Å². The summed E-state index contributed by atoms with van der Waals surface area (Å²) in [6.07, 6.45) is 4.06. The maximum atomic E-state index is 4.52. The van der Waals surface area contributed by atoms with Gasteiger partial charge in [0, 0.05) is 32.1 Å². The maximum absolute atomic E-state index is 4.52. The molecule has 14 heavy (non-hydrogen) atoms. The molecule has 0 radical (unpaired) electrons. The average molecular weight is 211 g/mol. The molecule has 1 aliphatic rings. The average Bonchev–Trinajstić information content (AvgIpc) is 2.50. The van der Waals surface area contributed by atoms with Crippen molar-refractivity contribution in [3.63, 3.8) is 0 Å².